The van der Waals surface area contributed by atoms with Crippen LogP contribution in [0.5, 0.6) is 0 Å². The highest BCUT2D eigenvalue weighted by Crippen LogP contribution is 2.06. The molecule has 0 atom stereocenters. The van der Waals surface area contributed by atoms with Crippen LogP contribution in [0.1, 0.15) is 64.2 Å². The fraction of sp³-hybridized carbons (Fsp3) is 0.750. The predicted molar refractivity (Wildman–Crippen MR) is 86.7 cm³/mol. The zero-order valence-corrected chi connectivity index (χ0v) is 14.2. The lowest BCUT2D eigenvalue weighted by molar-refractivity contribution is 0.398. The lowest BCUT2D eigenvalue weighted by Gasteiger charge is -1.97. The van der Waals surface area contributed by atoms with Crippen molar-refractivity contribution in [3.05, 3.63) is 24.7 Å². The first kappa shape index (κ1) is 18.7. The summed E-state index contributed by atoms with van der Waals surface area (Å²) >= 11 is 0. The van der Waals surface area contributed by atoms with Gasteiger partial charge in [-0.05, 0) is 37.8 Å². The standard InChI is InChI=1S/C16H28OSi2/c18-15-11-7-3-1-5-9-13-17-14-10-6-2-4-8-12-16-19/h9-10,13-14H,1-8,11-12,15-16H2/b13-9+,14-10+. The number of ether oxygens (including phenoxy) is 1. The number of hydrogen-bond donors (Lipinski definition) is 0. The van der Waals surface area contributed by atoms with Crippen molar-refractivity contribution in [1.82, 2.24) is 0 Å². The van der Waals surface area contributed by atoms with Gasteiger partial charge in [0.25, 0.3) is 0 Å². The molecule has 0 unspecified atom stereocenters. The van der Waals surface area contributed by atoms with Crippen molar-refractivity contribution in [3.8, 4) is 0 Å². The van der Waals surface area contributed by atoms with Crippen LogP contribution in [0.2, 0.25) is 12.1 Å². The summed E-state index contributed by atoms with van der Waals surface area (Å²) in [5.41, 5.74) is 0. The first-order valence-electron chi connectivity index (χ1n) is 7.66. The minimum absolute atomic E-state index is 1.12. The van der Waals surface area contributed by atoms with Crippen LogP contribution in [0.15, 0.2) is 24.7 Å². The first-order valence-corrected chi connectivity index (χ1v) is 9.08. The van der Waals surface area contributed by atoms with Gasteiger partial charge in [0.1, 0.15) is 0 Å². The van der Waals surface area contributed by atoms with Crippen molar-refractivity contribution >= 4 is 20.5 Å². The molecule has 0 heterocycles. The summed E-state index contributed by atoms with van der Waals surface area (Å²) in [7, 11) is 6.98. The van der Waals surface area contributed by atoms with Crippen LogP contribution in [0.4, 0.5) is 0 Å². The van der Waals surface area contributed by atoms with E-state index < -0.39 is 0 Å². The Morgan fingerprint density at radius 1 is 0.579 bits per heavy atom. The van der Waals surface area contributed by atoms with Crippen molar-refractivity contribution in [1.29, 1.82) is 0 Å². The number of allylic oxidation sites excluding steroid dienone is 2. The van der Waals surface area contributed by atoms with Gasteiger partial charge in [0.2, 0.25) is 0 Å². The van der Waals surface area contributed by atoms with Gasteiger partial charge in [0, 0.05) is 20.5 Å². The number of unbranched alkanes of at least 4 members (excludes halogenated alkanes) is 8. The van der Waals surface area contributed by atoms with Crippen molar-refractivity contribution < 1.29 is 4.74 Å². The van der Waals surface area contributed by atoms with Crippen molar-refractivity contribution in [2.24, 2.45) is 0 Å². The minimum atomic E-state index is 1.12. The molecule has 0 aromatic rings. The van der Waals surface area contributed by atoms with E-state index in [2.05, 4.69) is 32.6 Å². The molecule has 0 bridgehead atoms. The maximum Gasteiger partial charge on any atom is 0.0861 e. The number of rotatable bonds is 14. The quantitative estimate of drug-likeness (QED) is 0.246. The van der Waals surface area contributed by atoms with Gasteiger partial charge in [-0.25, -0.2) is 0 Å². The second-order valence-corrected chi connectivity index (χ2v) is 5.79. The lowest BCUT2D eigenvalue weighted by Crippen LogP contribution is -1.78. The van der Waals surface area contributed by atoms with Crippen LogP contribution < -0.4 is 0 Å². The topological polar surface area (TPSA) is 9.23 Å². The Morgan fingerprint density at radius 2 is 1.00 bits per heavy atom. The molecule has 0 aromatic carbocycles. The van der Waals surface area contributed by atoms with Crippen molar-refractivity contribution in [2.45, 2.75) is 76.3 Å². The Kier molecular flexibility index (Phi) is 17.4. The second-order valence-electron chi connectivity index (χ2n) is 4.79. The zero-order chi connectivity index (χ0) is 14.0. The fourth-order valence-electron chi connectivity index (χ4n) is 1.77. The Morgan fingerprint density at radius 3 is 1.42 bits per heavy atom. The molecule has 0 N–H and O–H groups in total. The summed E-state index contributed by atoms with van der Waals surface area (Å²) in [6, 6.07) is 2.25. The molecule has 0 aliphatic carbocycles. The lowest BCUT2D eigenvalue weighted by atomic mass is 10.1. The van der Waals surface area contributed by atoms with Crippen LogP contribution in [-0.2, 0) is 4.74 Å². The second kappa shape index (κ2) is 17.7. The summed E-state index contributed by atoms with van der Waals surface area (Å²) in [4.78, 5) is 0. The average molecular weight is 293 g/mol. The van der Waals surface area contributed by atoms with Crippen LogP contribution in [0, 0.1) is 0 Å². The molecule has 0 aliphatic heterocycles. The summed E-state index contributed by atoms with van der Waals surface area (Å²) in [5.74, 6) is 0. The normalized spacial score (nSPS) is 11.7. The van der Waals surface area contributed by atoms with E-state index in [-0.39, 0.29) is 0 Å². The summed E-state index contributed by atoms with van der Waals surface area (Å²) in [6.07, 6.45) is 20.5. The van der Waals surface area contributed by atoms with E-state index in [0.717, 1.165) is 24.9 Å². The third-order valence-electron chi connectivity index (χ3n) is 2.94. The highest BCUT2D eigenvalue weighted by molar-refractivity contribution is 6.08. The van der Waals surface area contributed by atoms with Gasteiger partial charge >= 0.3 is 0 Å². The highest BCUT2D eigenvalue weighted by Gasteiger charge is 1.87. The molecule has 3 heteroatoms. The molecule has 0 saturated heterocycles. The molecule has 0 spiro atoms. The van der Waals surface area contributed by atoms with E-state index in [9.17, 15) is 0 Å². The average Bonchev–Trinajstić information content (AvgIpc) is 2.43. The maximum atomic E-state index is 5.31. The molecule has 1 nitrogen and oxygen atoms in total. The SMILES string of the molecule is [Si]CCCCCC/C=C/O/C=C/CCCCCC[Si]. The van der Waals surface area contributed by atoms with Gasteiger partial charge in [0.05, 0.1) is 12.5 Å². The third kappa shape index (κ3) is 17.7. The van der Waals surface area contributed by atoms with Crippen LogP contribution in [0.25, 0.3) is 0 Å². The smallest absolute Gasteiger partial charge is 0.0861 e. The van der Waals surface area contributed by atoms with E-state index in [1.807, 2.05) is 12.5 Å². The molecule has 106 valence electrons. The molecular formula is C16H28OSi2. The van der Waals surface area contributed by atoms with Gasteiger partial charge in [-0.2, -0.15) is 0 Å². The Bertz CT molecular complexity index is 193. The van der Waals surface area contributed by atoms with Gasteiger partial charge in [-0.3, -0.25) is 0 Å². The van der Waals surface area contributed by atoms with Gasteiger partial charge in [-0.1, -0.05) is 50.6 Å². The molecule has 19 heavy (non-hydrogen) atoms. The monoisotopic (exact) mass is 292 g/mol. The Labute approximate surface area is 126 Å². The number of hydrogen-bond acceptors (Lipinski definition) is 1. The van der Waals surface area contributed by atoms with Gasteiger partial charge in [0.15, 0.2) is 0 Å². The molecule has 0 amide bonds. The molecule has 0 saturated carbocycles. The van der Waals surface area contributed by atoms with Crippen LogP contribution in [0.3, 0.4) is 0 Å². The van der Waals surface area contributed by atoms with Crippen molar-refractivity contribution in [2.75, 3.05) is 0 Å². The fourth-order valence-corrected chi connectivity index (χ4v) is 2.27. The van der Waals surface area contributed by atoms with E-state index >= 15 is 0 Å². The predicted octanol–water partition coefficient (Wildman–Crippen LogP) is 5.11. The van der Waals surface area contributed by atoms with E-state index in [0.29, 0.717) is 0 Å². The largest absolute Gasteiger partial charge is 0.473 e. The van der Waals surface area contributed by atoms with E-state index in [4.69, 9.17) is 4.74 Å². The molecule has 0 aliphatic rings. The maximum absolute atomic E-state index is 5.31. The van der Waals surface area contributed by atoms with Crippen LogP contribution >= 0.6 is 0 Å². The van der Waals surface area contributed by atoms with Gasteiger partial charge < -0.3 is 4.74 Å². The van der Waals surface area contributed by atoms with E-state index in [1.165, 1.54) is 51.4 Å². The first-order chi connectivity index (χ1) is 9.41. The molecule has 0 aromatic heterocycles. The van der Waals surface area contributed by atoms with Gasteiger partial charge in [-0.15, -0.1) is 0 Å². The molecule has 6 radical (unpaired) electrons. The third-order valence-corrected chi connectivity index (χ3v) is 3.65. The summed E-state index contributed by atoms with van der Waals surface area (Å²) < 4.78 is 5.31. The van der Waals surface area contributed by atoms with Crippen LogP contribution in [-0.4, -0.2) is 20.5 Å². The Balaban J connectivity index is 3.14. The summed E-state index contributed by atoms with van der Waals surface area (Å²) in [6.45, 7) is 0. The minimum Gasteiger partial charge on any atom is -0.473 e. The molecular weight excluding hydrogens is 264 g/mol. The van der Waals surface area contributed by atoms with E-state index in [1.54, 1.807) is 0 Å². The zero-order valence-electron chi connectivity index (χ0n) is 12.2. The Hall–Kier alpha value is -0.286. The highest BCUT2D eigenvalue weighted by atomic mass is 28.1. The molecule has 0 rings (SSSR count). The molecule has 0 fully saturated rings. The van der Waals surface area contributed by atoms with Crippen molar-refractivity contribution in [3.63, 3.8) is 0 Å². The summed E-state index contributed by atoms with van der Waals surface area (Å²) in [5, 5.41) is 0.